The molecule has 1 rings (SSSR count). The Balaban J connectivity index is 2.94. The van der Waals surface area contributed by atoms with Gasteiger partial charge in [-0.2, -0.15) is 10.2 Å². The fraction of sp³-hybridized carbons (Fsp3) is 0.200. The summed E-state index contributed by atoms with van der Waals surface area (Å²) in [5.41, 5.74) is 1.93. The minimum atomic E-state index is 0.932. The van der Waals surface area contributed by atoms with E-state index in [9.17, 15) is 0 Å². The zero-order chi connectivity index (χ0) is 6.69. The van der Waals surface area contributed by atoms with Gasteiger partial charge in [0.2, 0.25) is 7.98 Å². The monoisotopic (exact) mass is 121 g/mol. The smallest absolute Gasteiger partial charge is 0.214 e. The van der Waals surface area contributed by atoms with Gasteiger partial charge in [-0.05, 0) is 13.0 Å². The van der Waals surface area contributed by atoms with Crippen LogP contribution in [0.15, 0.2) is 12.3 Å². The molecule has 46 valence electrons. The molecule has 0 spiro atoms. The Labute approximate surface area is 54.9 Å². The molecule has 3 nitrogen and oxygen atoms in total. The molecule has 0 bridgehead atoms. The van der Waals surface area contributed by atoms with Gasteiger partial charge >= 0.3 is 0 Å². The lowest BCUT2D eigenvalue weighted by Crippen LogP contribution is -1.93. The van der Waals surface area contributed by atoms with Gasteiger partial charge in [-0.25, -0.2) is 0 Å². The summed E-state index contributed by atoms with van der Waals surface area (Å²) in [5, 5.41) is 10.5. The molecule has 0 atom stereocenters. The highest BCUT2D eigenvalue weighted by Gasteiger charge is 1.87. The minimum absolute atomic E-state index is 0.932. The summed E-state index contributed by atoms with van der Waals surface area (Å²) in [6, 6.07) is 1.94. The second kappa shape index (κ2) is 2.48. The van der Waals surface area contributed by atoms with Gasteiger partial charge in [-0.3, -0.25) is 0 Å². The Morgan fingerprint density at radius 2 is 2.44 bits per heavy atom. The van der Waals surface area contributed by atoms with Crippen molar-refractivity contribution >= 4 is 13.7 Å². The van der Waals surface area contributed by atoms with Gasteiger partial charge in [0.1, 0.15) is 0 Å². The van der Waals surface area contributed by atoms with Crippen LogP contribution in [0.5, 0.6) is 0 Å². The van der Waals surface area contributed by atoms with E-state index in [1.807, 2.05) is 21.0 Å². The summed E-state index contributed by atoms with van der Waals surface area (Å²) in [5.74, 6) is 0. The van der Waals surface area contributed by atoms with Crippen LogP contribution in [0.1, 0.15) is 5.69 Å². The summed E-state index contributed by atoms with van der Waals surface area (Å²) in [6.07, 6.45) is 1.69. The van der Waals surface area contributed by atoms with Crippen LogP contribution in [0.3, 0.4) is 0 Å². The normalized spacial score (nSPS) is 9.00. The van der Waals surface area contributed by atoms with Gasteiger partial charge in [-0.1, -0.05) is 0 Å². The molecular formula is C5H8BN3. The third kappa shape index (κ3) is 1.42. The van der Waals surface area contributed by atoms with Crippen LogP contribution in [-0.4, -0.2) is 18.2 Å². The van der Waals surface area contributed by atoms with Crippen molar-refractivity contribution in [1.82, 2.24) is 10.2 Å². The van der Waals surface area contributed by atoms with Gasteiger partial charge < -0.3 is 5.23 Å². The van der Waals surface area contributed by atoms with Crippen LogP contribution in [0.2, 0.25) is 0 Å². The van der Waals surface area contributed by atoms with Gasteiger partial charge in [0.05, 0.1) is 11.9 Å². The molecule has 0 aliphatic heterocycles. The third-order valence-corrected chi connectivity index (χ3v) is 1.07. The van der Waals surface area contributed by atoms with E-state index in [0.717, 1.165) is 11.4 Å². The predicted molar refractivity (Wildman–Crippen MR) is 38.9 cm³/mol. The maximum atomic E-state index is 3.80. The molecule has 1 N–H and O–H groups in total. The van der Waals surface area contributed by atoms with Crippen molar-refractivity contribution in [2.45, 2.75) is 6.92 Å². The van der Waals surface area contributed by atoms with Gasteiger partial charge in [0.25, 0.3) is 0 Å². The number of nitrogens with zero attached hydrogens (tertiary/aromatic N) is 2. The lowest BCUT2D eigenvalue weighted by molar-refractivity contribution is 0.984. The lowest BCUT2D eigenvalue weighted by atomic mass is 10.3. The van der Waals surface area contributed by atoms with Gasteiger partial charge in [0, 0.05) is 5.69 Å². The second-order valence-corrected chi connectivity index (χ2v) is 1.84. The fourth-order valence-corrected chi connectivity index (χ4v) is 0.610. The number of hydrogen-bond acceptors (Lipinski definition) is 3. The van der Waals surface area contributed by atoms with Crippen LogP contribution in [0.4, 0.5) is 5.69 Å². The molecule has 4 heteroatoms. The molecule has 0 aliphatic rings. The van der Waals surface area contributed by atoms with Crippen LogP contribution >= 0.6 is 0 Å². The minimum Gasteiger partial charge on any atom is -0.433 e. The van der Waals surface area contributed by atoms with E-state index >= 15 is 0 Å². The fourth-order valence-electron chi connectivity index (χ4n) is 0.610. The lowest BCUT2D eigenvalue weighted by Gasteiger charge is -1.96. The Hall–Kier alpha value is -1.06. The summed E-state index contributed by atoms with van der Waals surface area (Å²) in [6.45, 7) is 1.91. The maximum absolute atomic E-state index is 3.80. The standard InChI is InChI=1S/C5H8BN3/c1-4-2-5(8-6)3-7-9-4/h2-3H,6H2,1H3,(H,8,9). The van der Waals surface area contributed by atoms with E-state index in [4.69, 9.17) is 0 Å². The molecule has 0 aromatic carbocycles. The molecule has 0 saturated carbocycles. The van der Waals surface area contributed by atoms with Crippen LogP contribution in [-0.2, 0) is 0 Å². The van der Waals surface area contributed by atoms with E-state index in [2.05, 4.69) is 15.4 Å². The van der Waals surface area contributed by atoms with E-state index < -0.39 is 0 Å². The first-order chi connectivity index (χ1) is 4.33. The molecule has 0 aliphatic carbocycles. The molecule has 1 aromatic rings. The zero-order valence-electron chi connectivity index (χ0n) is 5.55. The predicted octanol–water partition coefficient (Wildman–Crippen LogP) is -0.255. The highest BCUT2D eigenvalue weighted by molar-refractivity contribution is 6.15. The van der Waals surface area contributed by atoms with Crippen molar-refractivity contribution in [3.05, 3.63) is 18.0 Å². The van der Waals surface area contributed by atoms with Crippen molar-refractivity contribution in [3.8, 4) is 0 Å². The van der Waals surface area contributed by atoms with Crippen LogP contribution < -0.4 is 5.23 Å². The Morgan fingerprint density at radius 3 is 2.89 bits per heavy atom. The number of aromatic nitrogens is 2. The molecule has 0 radical (unpaired) electrons. The molecule has 9 heavy (non-hydrogen) atoms. The van der Waals surface area contributed by atoms with Crippen LogP contribution in [0.25, 0.3) is 0 Å². The Bertz CT molecular complexity index is 201. The van der Waals surface area contributed by atoms with E-state index in [1.165, 1.54) is 0 Å². The number of anilines is 1. The van der Waals surface area contributed by atoms with Crippen molar-refractivity contribution in [1.29, 1.82) is 0 Å². The summed E-state index contributed by atoms with van der Waals surface area (Å²) < 4.78 is 0. The molecule has 1 heterocycles. The molecule has 0 saturated heterocycles. The first kappa shape index (κ1) is 6.07. The average Bonchev–Trinajstić information content (AvgIpc) is 1.88. The largest absolute Gasteiger partial charge is 0.433 e. The van der Waals surface area contributed by atoms with Crippen molar-refractivity contribution in [2.75, 3.05) is 5.23 Å². The summed E-state index contributed by atoms with van der Waals surface area (Å²) >= 11 is 0. The molecule has 0 unspecified atom stereocenters. The molecule has 0 fully saturated rings. The average molecular weight is 121 g/mol. The highest BCUT2D eigenvalue weighted by Crippen LogP contribution is 2.01. The maximum Gasteiger partial charge on any atom is 0.214 e. The number of rotatable bonds is 1. The highest BCUT2D eigenvalue weighted by atomic mass is 15.1. The zero-order valence-corrected chi connectivity index (χ0v) is 5.55. The number of hydrogen-bond donors (Lipinski definition) is 1. The van der Waals surface area contributed by atoms with E-state index in [-0.39, 0.29) is 0 Å². The SMILES string of the molecule is BNc1cnnc(C)c1. The van der Waals surface area contributed by atoms with Gasteiger partial charge in [-0.15, -0.1) is 0 Å². The molecular weight excluding hydrogens is 113 g/mol. The third-order valence-electron chi connectivity index (χ3n) is 1.07. The van der Waals surface area contributed by atoms with Crippen molar-refractivity contribution in [3.63, 3.8) is 0 Å². The molecule has 1 aromatic heterocycles. The van der Waals surface area contributed by atoms with Crippen LogP contribution in [0, 0.1) is 6.92 Å². The topological polar surface area (TPSA) is 37.8 Å². The van der Waals surface area contributed by atoms with Crippen molar-refractivity contribution in [2.24, 2.45) is 0 Å². The number of aryl methyl sites for hydroxylation is 1. The quantitative estimate of drug-likeness (QED) is 0.520. The van der Waals surface area contributed by atoms with Crippen molar-refractivity contribution < 1.29 is 0 Å². The van der Waals surface area contributed by atoms with E-state index in [0.29, 0.717) is 0 Å². The molecule has 0 amide bonds. The Morgan fingerprint density at radius 1 is 1.67 bits per heavy atom. The number of nitrogens with one attached hydrogen (secondary N) is 1. The first-order valence-electron chi connectivity index (χ1n) is 2.80. The van der Waals surface area contributed by atoms with Gasteiger partial charge in [0.15, 0.2) is 0 Å². The second-order valence-electron chi connectivity index (χ2n) is 1.84. The summed E-state index contributed by atoms with van der Waals surface area (Å²) in [4.78, 5) is 0. The van der Waals surface area contributed by atoms with E-state index in [1.54, 1.807) is 6.20 Å². The summed E-state index contributed by atoms with van der Waals surface area (Å²) in [7, 11) is 1.86. The Kier molecular flexibility index (Phi) is 1.67. The first-order valence-corrected chi connectivity index (χ1v) is 2.80.